The summed E-state index contributed by atoms with van der Waals surface area (Å²) in [6.07, 6.45) is 6.31. The van der Waals surface area contributed by atoms with Crippen LogP contribution < -0.4 is 10.6 Å². The molecule has 0 radical (unpaired) electrons. The van der Waals surface area contributed by atoms with Crippen LogP contribution in [0.5, 0.6) is 0 Å². The summed E-state index contributed by atoms with van der Waals surface area (Å²) in [7, 11) is 0. The third kappa shape index (κ3) is 4.12. The van der Waals surface area contributed by atoms with Crippen LogP contribution in [-0.2, 0) is 4.79 Å². The first-order valence-electron chi connectivity index (χ1n) is 9.11. The molecule has 1 saturated carbocycles. The minimum Gasteiger partial charge on any atom is -0.326 e. The number of rotatable bonds is 4. The first kappa shape index (κ1) is 18.2. The molecular formula is C20H26N4O2. The SMILES string of the molecule is CC(C)(C)C(=O)Nc1cccc(C(=O)Nc2ccnn2C2CCCC2)c1. The van der Waals surface area contributed by atoms with E-state index in [1.54, 1.807) is 30.5 Å². The molecule has 0 spiro atoms. The molecule has 2 aromatic rings. The second kappa shape index (κ2) is 7.32. The normalized spacial score (nSPS) is 15.0. The Kier molecular flexibility index (Phi) is 5.11. The van der Waals surface area contributed by atoms with Crippen molar-refractivity contribution in [2.45, 2.75) is 52.5 Å². The second-order valence-corrected chi connectivity index (χ2v) is 7.84. The van der Waals surface area contributed by atoms with Gasteiger partial charge in [-0.25, -0.2) is 4.68 Å². The minimum absolute atomic E-state index is 0.0885. The average molecular weight is 354 g/mol. The van der Waals surface area contributed by atoms with Crippen molar-refractivity contribution in [1.82, 2.24) is 9.78 Å². The summed E-state index contributed by atoms with van der Waals surface area (Å²) in [4.78, 5) is 24.8. The van der Waals surface area contributed by atoms with Gasteiger partial charge in [-0.2, -0.15) is 5.10 Å². The summed E-state index contributed by atoms with van der Waals surface area (Å²) in [5, 5.41) is 10.2. The first-order chi connectivity index (χ1) is 12.3. The monoisotopic (exact) mass is 354 g/mol. The number of nitrogens with one attached hydrogen (secondary N) is 2. The van der Waals surface area contributed by atoms with E-state index in [2.05, 4.69) is 15.7 Å². The molecule has 6 heteroatoms. The fraction of sp³-hybridized carbons (Fsp3) is 0.450. The number of anilines is 2. The minimum atomic E-state index is -0.494. The van der Waals surface area contributed by atoms with Crippen LogP contribution in [-0.4, -0.2) is 21.6 Å². The largest absolute Gasteiger partial charge is 0.326 e. The fourth-order valence-electron chi connectivity index (χ4n) is 3.10. The molecule has 0 unspecified atom stereocenters. The van der Waals surface area contributed by atoms with Crippen molar-refractivity contribution in [1.29, 1.82) is 0 Å². The van der Waals surface area contributed by atoms with E-state index in [0.29, 0.717) is 23.1 Å². The average Bonchev–Trinajstić information content (AvgIpc) is 3.25. The highest BCUT2D eigenvalue weighted by Gasteiger charge is 2.22. The highest BCUT2D eigenvalue weighted by atomic mass is 16.2. The Balaban J connectivity index is 1.72. The van der Waals surface area contributed by atoms with Gasteiger partial charge in [0.15, 0.2) is 0 Å². The number of hydrogen-bond acceptors (Lipinski definition) is 3. The number of hydrogen-bond donors (Lipinski definition) is 2. The number of amides is 2. The zero-order chi connectivity index (χ0) is 18.7. The Labute approximate surface area is 154 Å². The van der Waals surface area contributed by atoms with Gasteiger partial charge in [0.05, 0.1) is 12.2 Å². The maximum Gasteiger partial charge on any atom is 0.256 e. The molecule has 26 heavy (non-hydrogen) atoms. The summed E-state index contributed by atoms with van der Waals surface area (Å²) in [6.45, 7) is 5.55. The maximum atomic E-state index is 12.6. The molecule has 0 aliphatic heterocycles. The van der Waals surface area contributed by atoms with Crippen molar-refractivity contribution in [3.8, 4) is 0 Å². The Hall–Kier alpha value is -2.63. The smallest absolute Gasteiger partial charge is 0.256 e. The van der Waals surface area contributed by atoms with Gasteiger partial charge in [0.25, 0.3) is 5.91 Å². The van der Waals surface area contributed by atoms with Crippen LogP contribution in [0, 0.1) is 5.41 Å². The van der Waals surface area contributed by atoms with Gasteiger partial charge in [-0.1, -0.05) is 39.7 Å². The topological polar surface area (TPSA) is 76.0 Å². The number of carbonyl (C=O) groups is 2. The van der Waals surface area contributed by atoms with Gasteiger partial charge < -0.3 is 10.6 Å². The van der Waals surface area contributed by atoms with E-state index in [9.17, 15) is 9.59 Å². The standard InChI is InChI=1S/C20H26N4O2/c1-20(2,3)19(26)22-15-8-6-7-14(13-15)18(25)23-17-11-12-21-24(17)16-9-4-5-10-16/h6-8,11-13,16H,4-5,9-10H2,1-3H3,(H,22,26)(H,23,25). The lowest BCUT2D eigenvalue weighted by Gasteiger charge is -2.18. The van der Waals surface area contributed by atoms with E-state index in [1.165, 1.54) is 12.8 Å². The van der Waals surface area contributed by atoms with E-state index in [4.69, 9.17) is 0 Å². The van der Waals surface area contributed by atoms with Gasteiger partial charge >= 0.3 is 0 Å². The molecule has 1 aliphatic carbocycles. The van der Waals surface area contributed by atoms with Crippen LogP contribution in [0.4, 0.5) is 11.5 Å². The highest BCUT2D eigenvalue weighted by molar-refractivity contribution is 6.05. The maximum absolute atomic E-state index is 12.6. The van der Waals surface area contributed by atoms with Crippen molar-refractivity contribution in [3.05, 3.63) is 42.1 Å². The Morgan fingerprint density at radius 3 is 2.54 bits per heavy atom. The van der Waals surface area contributed by atoms with Gasteiger partial charge in [-0.15, -0.1) is 0 Å². The predicted octanol–water partition coefficient (Wildman–Crippen LogP) is 4.24. The van der Waals surface area contributed by atoms with E-state index in [-0.39, 0.29) is 11.8 Å². The molecule has 0 bridgehead atoms. The summed E-state index contributed by atoms with van der Waals surface area (Å²) in [5.74, 6) is 0.414. The first-order valence-corrected chi connectivity index (χ1v) is 9.11. The second-order valence-electron chi connectivity index (χ2n) is 7.84. The van der Waals surface area contributed by atoms with Crippen LogP contribution in [0.25, 0.3) is 0 Å². The Morgan fingerprint density at radius 2 is 1.85 bits per heavy atom. The third-order valence-corrected chi connectivity index (χ3v) is 4.65. The van der Waals surface area contributed by atoms with Crippen molar-refractivity contribution >= 4 is 23.3 Å². The molecule has 1 fully saturated rings. The zero-order valence-electron chi connectivity index (χ0n) is 15.6. The van der Waals surface area contributed by atoms with Crippen molar-refractivity contribution in [2.75, 3.05) is 10.6 Å². The number of carbonyl (C=O) groups excluding carboxylic acids is 2. The summed E-state index contributed by atoms with van der Waals surface area (Å²) < 4.78 is 1.91. The van der Waals surface area contributed by atoms with Crippen LogP contribution in [0.2, 0.25) is 0 Å². The van der Waals surface area contributed by atoms with Gasteiger partial charge in [0.1, 0.15) is 5.82 Å². The molecule has 0 saturated heterocycles. The van der Waals surface area contributed by atoms with Crippen LogP contribution in [0.1, 0.15) is 62.9 Å². The van der Waals surface area contributed by atoms with Gasteiger partial charge in [-0.3, -0.25) is 9.59 Å². The molecule has 0 atom stereocenters. The van der Waals surface area contributed by atoms with Crippen LogP contribution in [0.15, 0.2) is 36.5 Å². The van der Waals surface area contributed by atoms with Crippen molar-refractivity contribution in [3.63, 3.8) is 0 Å². The van der Waals surface area contributed by atoms with E-state index in [1.807, 2.05) is 31.5 Å². The molecule has 3 rings (SSSR count). The molecule has 1 heterocycles. The molecule has 1 aromatic heterocycles. The Morgan fingerprint density at radius 1 is 1.12 bits per heavy atom. The Bertz CT molecular complexity index is 798. The fourth-order valence-corrected chi connectivity index (χ4v) is 3.10. The molecule has 1 aromatic carbocycles. The lowest BCUT2D eigenvalue weighted by atomic mass is 9.95. The molecule has 1 aliphatic rings. The lowest BCUT2D eigenvalue weighted by molar-refractivity contribution is -0.123. The number of aromatic nitrogens is 2. The highest BCUT2D eigenvalue weighted by Crippen LogP contribution is 2.31. The molecule has 138 valence electrons. The third-order valence-electron chi connectivity index (χ3n) is 4.65. The van der Waals surface area contributed by atoms with Gasteiger partial charge in [0.2, 0.25) is 5.91 Å². The van der Waals surface area contributed by atoms with E-state index < -0.39 is 5.41 Å². The van der Waals surface area contributed by atoms with E-state index >= 15 is 0 Å². The number of benzene rings is 1. The molecule has 6 nitrogen and oxygen atoms in total. The van der Waals surface area contributed by atoms with E-state index in [0.717, 1.165) is 12.8 Å². The summed E-state index contributed by atoms with van der Waals surface area (Å²) in [5.41, 5.74) is 0.615. The van der Waals surface area contributed by atoms with Crippen LogP contribution >= 0.6 is 0 Å². The van der Waals surface area contributed by atoms with Crippen LogP contribution in [0.3, 0.4) is 0 Å². The van der Waals surface area contributed by atoms with Crippen molar-refractivity contribution < 1.29 is 9.59 Å². The van der Waals surface area contributed by atoms with Gasteiger partial charge in [-0.05, 0) is 31.0 Å². The molecule has 2 N–H and O–H groups in total. The zero-order valence-corrected chi connectivity index (χ0v) is 15.6. The number of nitrogens with zero attached hydrogens (tertiary/aromatic N) is 2. The summed E-state index contributed by atoms with van der Waals surface area (Å²) in [6, 6.07) is 9.15. The quantitative estimate of drug-likeness (QED) is 0.862. The summed E-state index contributed by atoms with van der Waals surface area (Å²) >= 11 is 0. The molecular weight excluding hydrogens is 328 g/mol. The lowest BCUT2D eigenvalue weighted by Crippen LogP contribution is -2.27. The predicted molar refractivity (Wildman–Crippen MR) is 102 cm³/mol. The van der Waals surface area contributed by atoms with Crippen molar-refractivity contribution in [2.24, 2.45) is 5.41 Å². The van der Waals surface area contributed by atoms with Gasteiger partial charge in [0, 0.05) is 22.7 Å². The molecule has 2 amide bonds.